The molecule has 0 heterocycles. The molecule has 1 aromatic carbocycles. The Balaban J connectivity index is 2.26. The average molecular weight is 202 g/mol. The lowest BCUT2D eigenvalue weighted by atomic mass is 10.1. The largest absolute Gasteiger partial charge is 0.423 e. The third kappa shape index (κ3) is 1.94. The Bertz CT molecular complexity index is 419. The van der Waals surface area contributed by atoms with Gasteiger partial charge < -0.3 is 4.74 Å². The molecule has 0 radical (unpaired) electrons. The van der Waals surface area contributed by atoms with Crippen LogP contribution < -0.4 is 4.74 Å². The summed E-state index contributed by atoms with van der Waals surface area (Å²) in [5.41, 5.74) is 2.93. The minimum absolute atomic E-state index is 0.338. The second-order valence-electron chi connectivity index (χ2n) is 3.92. The van der Waals surface area contributed by atoms with Crippen molar-refractivity contribution >= 4 is 5.97 Å². The Morgan fingerprint density at radius 2 is 2.20 bits per heavy atom. The summed E-state index contributed by atoms with van der Waals surface area (Å²) in [6.07, 6.45) is 3.25. The fourth-order valence-electron chi connectivity index (χ4n) is 1.87. The first-order valence-electron chi connectivity index (χ1n) is 5.17. The SMILES string of the molecule is C=C(C)C(=O)Oc1cccc2c1CCC2. The van der Waals surface area contributed by atoms with E-state index in [1.165, 1.54) is 11.1 Å². The van der Waals surface area contributed by atoms with E-state index in [2.05, 4.69) is 12.6 Å². The number of benzene rings is 1. The minimum Gasteiger partial charge on any atom is -0.423 e. The van der Waals surface area contributed by atoms with E-state index < -0.39 is 0 Å². The van der Waals surface area contributed by atoms with Gasteiger partial charge in [-0.2, -0.15) is 0 Å². The predicted molar refractivity (Wildman–Crippen MR) is 58.9 cm³/mol. The van der Waals surface area contributed by atoms with Gasteiger partial charge in [-0.1, -0.05) is 18.7 Å². The van der Waals surface area contributed by atoms with Crippen LogP contribution in [0, 0.1) is 0 Å². The van der Waals surface area contributed by atoms with Gasteiger partial charge in [-0.15, -0.1) is 0 Å². The highest BCUT2D eigenvalue weighted by atomic mass is 16.5. The Labute approximate surface area is 89.6 Å². The summed E-state index contributed by atoms with van der Waals surface area (Å²) in [5.74, 6) is 0.369. The molecule has 0 aromatic heterocycles. The summed E-state index contributed by atoms with van der Waals surface area (Å²) < 4.78 is 5.28. The second kappa shape index (κ2) is 3.89. The molecule has 2 nitrogen and oxygen atoms in total. The normalized spacial score (nSPS) is 13.4. The Morgan fingerprint density at radius 3 is 2.93 bits per heavy atom. The van der Waals surface area contributed by atoms with Crippen molar-refractivity contribution < 1.29 is 9.53 Å². The lowest BCUT2D eigenvalue weighted by Crippen LogP contribution is -2.09. The molecule has 0 saturated heterocycles. The summed E-state index contributed by atoms with van der Waals surface area (Å²) in [7, 11) is 0. The Hall–Kier alpha value is -1.57. The molecule has 2 rings (SSSR count). The van der Waals surface area contributed by atoms with Gasteiger partial charge in [-0.3, -0.25) is 0 Å². The molecule has 0 amide bonds. The Morgan fingerprint density at radius 1 is 1.40 bits per heavy atom. The molecular formula is C13H14O2. The van der Waals surface area contributed by atoms with Gasteiger partial charge in [-0.05, 0) is 43.4 Å². The highest BCUT2D eigenvalue weighted by Gasteiger charge is 2.17. The highest BCUT2D eigenvalue weighted by molar-refractivity contribution is 5.89. The summed E-state index contributed by atoms with van der Waals surface area (Å²) in [6, 6.07) is 5.89. The first kappa shape index (κ1) is 9.97. The number of carbonyl (C=O) groups is 1. The molecule has 0 spiro atoms. The van der Waals surface area contributed by atoms with Crippen LogP contribution in [0.4, 0.5) is 0 Å². The molecule has 0 saturated carbocycles. The zero-order valence-corrected chi connectivity index (χ0v) is 8.88. The van der Waals surface area contributed by atoms with Crippen molar-refractivity contribution in [3.8, 4) is 5.75 Å². The van der Waals surface area contributed by atoms with E-state index in [0.717, 1.165) is 19.3 Å². The van der Waals surface area contributed by atoms with Crippen LogP contribution in [-0.4, -0.2) is 5.97 Å². The highest BCUT2D eigenvalue weighted by Crippen LogP contribution is 2.30. The van der Waals surface area contributed by atoms with Gasteiger partial charge in [0.1, 0.15) is 5.75 Å². The number of carbonyl (C=O) groups excluding carboxylic acids is 1. The maximum atomic E-state index is 11.4. The Kier molecular flexibility index (Phi) is 2.58. The van der Waals surface area contributed by atoms with Crippen LogP contribution in [0.15, 0.2) is 30.4 Å². The first-order valence-corrected chi connectivity index (χ1v) is 5.17. The monoisotopic (exact) mass is 202 g/mol. The molecule has 0 bridgehead atoms. The van der Waals surface area contributed by atoms with E-state index in [9.17, 15) is 4.79 Å². The molecule has 78 valence electrons. The molecular weight excluding hydrogens is 188 g/mol. The number of fused-ring (bicyclic) bond motifs is 1. The van der Waals surface area contributed by atoms with Crippen LogP contribution in [0.2, 0.25) is 0 Å². The summed E-state index contributed by atoms with van der Waals surface area (Å²) in [5, 5.41) is 0. The van der Waals surface area contributed by atoms with Gasteiger partial charge in [-0.25, -0.2) is 4.79 Å². The zero-order chi connectivity index (χ0) is 10.8. The number of rotatable bonds is 2. The molecule has 1 aromatic rings. The van der Waals surface area contributed by atoms with Gasteiger partial charge >= 0.3 is 5.97 Å². The molecule has 0 aliphatic heterocycles. The second-order valence-corrected chi connectivity index (χ2v) is 3.92. The number of hydrogen-bond acceptors (Lipinski definition) is 2. The van der Waals surface area contributed by atoms with E-state index in [4.69, 9.17) is 4.74 Å². The number of ether oxygens (including phenoxy) is 1. The molecule has 2 heteroatoms. The molecule has 0 N–H and O–H groups in total. The van der Waals surface area contributed by atoms with Crippen molar-refractivity contribution in [1.29, 1.82) is 0 Å². The van der Waals surface area contributed by atoms with Crippen LogP contribution >= 0.6 is 0 Å². The molecule has 0 fully saturated rings. The van der Waals surface area contributed by atoms with Gasteiger partial charge in [0, 0.05) is 5.57 Å². The van der Waals surface area contributed by atoms with Crippen LogP contribution in [0.3, 0.4) is 0 Å². The first-order chi connectivity index (χ1) is 7.18. The van der Waals surface area contributed by atoms with Crippen LogP contribution in [-0.2, 0) is 17.6 Å². The average Bonchev–Trinajstić information content (AvgIpc) is 2.66. The van der Waals surface area contributed by atoms with Gasteiger partial charge in [0.2, 0.25) is 0 Å². The van der Waals surface area contributed by atoms with Crippen molar-refractivity contribution in [3.05, 3.63) is 41.5 Å². The van der Waals surface area contributed by atoms with E-state index >= 15 is 0 Å². The summed E-state index contributed by atoms with van der Waals surface area (Å²) in [4.78, 5) is 11.4. The maximum Gasteiger partial charge on any atom is 0.338 e. The van der Waals surface area contributed by atoms with Crippen LogP contribution in [0.25, 0.3) is 0 Å². The van der Waals surface area contributed by atoms with Crippen LogP contribution in [0.1, 0.15) is 24.5 Å². The van der Waals surface area contributed by atoms with Crippen molar-refractivity contribution in [2.45, 2.75) is 26.2 Å². The lowest BCUT2D eigenvalue weighted by molar-refractivity contribution is -0.130. The van der Waals surface area contributed by atoms with Gasteiger partial charge in [0.25, 0.3) is 0 Å². The molecule has 0 atom stereocenters. The fraction of sp³-hybridized carbons (Fsp3) is 0.308. The summed E-state index contributed by atoms with van der Waals surface area (Å²) in [6.45, 7) is 5.23. The van der Waals surface area contributed by atoms with Gasteiger partial charge in [0.15, 0.2) is 0 Å². The molecule has 1 aliphatic rings. The molecule has 15 heavy (non-hydrogen) atoms. The topological polar surface area (TPSA) is 26.3 Å². The van der Waals surface area contributed by atoms with E-state index in [1.54, 1.807) is 6.92 Å². The summed E-state index contributed by atoms with van der Waals surface area (Å²) >= 11 is 0. The van der Waals surface area contributed by atoms with E-state index in [-0.39, 0.29) is 5.97 Å². The van der Waals surface area contributed by atoms with Crippen LogP contribution in [0.5, 0.6) is 5.75 Å². The molecule has 0 unspecified atom stereocenters. The number of esters is 1. The quantitative estimate of drug-likeness (QED) is 0.418. The molecule has 1 aliphatic carbocycles. The third-order valence-electron chi connectivity index (χ3n) is 2.65. The van der Waals surface area contributed by atoms with E-state index in [1.807, 2.05) is 12.1 Å². The fourth-order valence-corrected chi connectivity index (χ4v) is 1.87. The zero-order valence-electron chi connectivity index (χ0n) is 8.88. The van der Waals surface area contributed by atoms with Crippen molar-refractivity contribution in [1.82, 2.24) is 0 Å². The van der Waals surface area contributed by atoms with Gasteiger partial charge in [0.05, 0.1) is 0 Å². The van der Waals surface area contributed by atoms with Crippen molar-refractivity contribution in [3.63, 3.8) is 0 Å². The third-order valence-corrected chi connectivity index (χ3v) is 2.65. The van der Waals surface area contributed by atoms with E-state index in [0.29, 0.717) is 11.3 Å². The maximum absolute atomic E-state index is 11.4. The van der Waals surface area contributed by atoms with Crippen molar-refractivity contribution in [2.24, 2.45) is 0 Å². The smallest absolute Gasteiger partial charge is 0.338 e. The minimum atomic E-state index is -0.338. The standard InChI is InChI=1S/C13H14O2/c1-9(2)13(14)15-12-8-4-6-10-5-3-7-11(10)12/h4,6,8H,1,3,5,7H2,2H3. The van der Waals surface area contributed by atoms with Crippen molar-refractivity contribution in [2.75, 3.05) is 0 Å². The number of aryl methyl sites for hydroxylation is 1. The number of hydrogen-bond donors (Lipinski definition) is 0. The lowest BCUT2D eigenvalue weighted by Gasteiger charge is -2.08. The predicted octanol–water partition coefficient (Wildman–Crippen LogP) is 2.66.